The van der Waals surface area contributed by atoms with Gasteiger partial charge < -0.3 is 4.74 Å². The highest BCUT2D eigenvalue weighted by Gasteiger charge is 2.46. The monoisotopic (exact) mass is 313 g/mol. The van der Waals surface area contributed by atoms with E-state index in [1.807, 2.05) is 0 Å². The van der Waals surface area contributed by atoms with Gasteiger partial charge in [-0.15, -0.1) is 0 Å². The Labute approximate surface area is 139 Å². The molecule has 2 aliphatic rings. The number of hydrogen-bond acceptors (Lipinski definition) is 4. The van der Waals surface area contributed by atoms with Crippen LogP contribution >= 0.6 is 0 Å². The van der Waals surface area contributed by atoms with Gasteiger partial charge in [-0.05, 0) is 19.4 Å². The number of nitriles is 1. The van der Waals surface area contributed by atoms with E-state index in [9.17, 15) is 5.26 Å². The quantitative estimate of drug-likeness (QED) is 0.860. The molecule has 3 rings (SSSR count). The molecule has 0 bridgehead atoms. The summed E-state index contributed by atoms with van der Waals surface area (Å²) in [6, 6.07) is 13.3. The standard InChI is InChI=1S/C19H27N3O/c1-18(2)15-19(16-20,8-13-23-18)22-11-9-21(10-12-22)14-17-6-4-3-5-7-17/h3-7H,8-15H2,1-2H3. The van der Waals surface area contributed by atoms with E-state index < -0.39 is 0 Å². The van der Waals surface area contributed by atoms with Crippen molar-refractivity contribution in [2.75, 3.05) is 32.8 Å². The second-order valence-electron chi connectivity index (χ2n) is 7.43. The van der Waals surface area contributed by atoms with Crippen LogP contribution in [0.15, 0.2) is 30.3 Å². The molecule has 1 aromatic carbocycles. The SMILES string of the molecule is CC1(C)CC(C#N)(N2CCN(Cc3ccccc3)CC2)CCO1. The lowest BCUT2D eigenvalue weighted by Gasteiger charge is -2.49. The van der Waals surface area contributed by atoms with Crippen LogP contribution in [0.25, 0.3) is 0 Å². The highest BCUT2D eigenvalue weighted by Crippen LogP contribution is 2.36. The van der Waals surface area contributed by atoms with E-state index in [1.165, 1.54) is 5.56 Å². The Balaban J connectivity index is 1.60. The van der Waals surface area contributed by atoms with Gasteiger partial charge in [-0.1, -0.05) is 30.3 Å². The van der Waals surface area contributed by atoms with Crippen molar-refractivity contribution in [3.05, 3.63) is 35.9 Å². The highest BCUT2D eigenvalue weighted by atomic mass is 16.5. The Morgan fingerprint density at radius 3 is 2.43 bits per heavy atom. The summed E-state index contributed by atoms with van der Waals surface area (Å²) in [4.78, 5) is 4.89. The Bertz CT molecular complexity index is 558. The molecule has 1 aromatic rings. The predicted octanol–water partition coefficient (Wildman–Crippen LogP) is 2.66. The molecule has 2 aliphatic heterocycles. The molecule has 2 heterocycles. The molecule has 2 fully saturated rings. The van der Waals surface area contributed by atoms with Crippen LogP contribution in [-0.4, -0.2) is 53.7 Å². The molecular formula is C19H27N3O. The molecule has 1 atom stereocenters. The number of benzene rings is 1. The van der Waals surface area contributed by atoms with Crippen LogP contribution in [0.4, 0.5) is 0 Å². The summed E-state index contributed by atoms with van der Waals surface area (Å²) >= 11 is 0. The molecule has 0 N–H and O–H groups in total. The van der Waals surface area contributed by atoms with E-state index in [0.717, 1.165) is 45.6 Å². The third kappa shape index (κ3) is 3.74. The van der Waals surface area contributed by atoms with Crippen molar-refractivity contribution < 1.29 is 4.74 Å². The molecule has 124 valence electrons. The van der Waals surface area contributed by atoms with Crippen molar-refractivity contribution in [2.24, 2.45) is 0 Å². The number of nitrogens with zero attached hydrogens (tertiary/aromatic N) is 3. The summed E-state index contributed by atoms with van der Waals surface area (Å²) < 4.78 is 5.83. The topological polar surface area (TPSA) is 39.5 Å². The minimum Gasteiger partial charge on any atom is -0.375 e. The summed E-state index contributed by atoms with van der Waals surface area (Å²) in [7, 11) is 0. The largest absolute Gasteiger partial charge is 0.375 e. The van der Waals surface area contributed by atoms with Gasteiger partial charge in [0.1, 0.15) is 5.54 Å². The number of ether oxygens (including phenoxy) is 1. The molecule has 4 heteroatoms. The zero-order chi connectivity index (χ0) is 16.3. The minimum absolute atomic E-state index is 0.199. The average Bonchev–Trinajstić information content (AvgIpc) is 2.55. The van der Waals surface area contributed by atoms with Crippen molar-refractivity contribution in [1.82, 2.24) is 9.80 Å². The zero-order valence-electron chi connectivity index (χ0n) is 14.3. The molecule has 1 unspecified atom stereocenters. The molecule has 0 saturated carbocycles. The third-order valence-electron chi connectivity index (χ3n) is 5.16. The van der Waals surface area contributed by atoms with Crippen molar-refractivity contribution in [2.45, 2.75) is 44.4 Å². The fourth-order valence-corrected chi connectivity index (χ4v) is 3.95. The highest BCUT2D eigenvalue weighted by molar-refractivity contribution is 5.16. The van der Waals surface area contributed by atoms with Crippen molar-refractivity contribution in [3.63, 3.8) is 0 Å². The molecule has 0 aliphatic carbocycles. The van der Waals surface area contributed by atoms with E-state index in [2.05, 4.69) is 60.0 Å². The molecule has 0 radical (unpaired) electrons. The second-order valence-corrected chi connectivity index (χ2v) is 7.43. The van der Waals surface area contributed by atoms with Crippen LogP contribution < -0.4 is 0 Å². The lowest BCUT2D eigenvalue weighted by molar-refractivity contribution is -0.109. The fourth-order valence-electron chi connectivity index (χ4n) is 3.95. The van der Waals surface area contributed by atoms with Gasteiger partial charge in [0.15, 0.2) is 0 Å². The molecule has 0 amide bonds. The lowest BCUT2D eigenvalue weighted by Crippen LogP contribution is -2.60. The first kappa shape index (κ1) is 16.4. The molecule has 4 nitrogen and oxygen atoms in total. The van der Waals surface area contributed by atoms with E-state index in [4.69, 9.17) is 4.74 Å². The molecular weight excluding hydrogens is 286 g/mol. The number of piperazine rings is 1. The van der Waals surface area contributed by atoms with Gasteiger partial charge in [-0.2, -0.15) is 5.26 Å². The Hall–Kier alpha value is -1.41. The summed E-state index contributed by atoms with van der Waals surface area (Å²) in [5.41, 5.74) is 0.818. The molecule has 2 saturated heterocycles. The first-order chi connectivity index (χ1) is 11.0. The van der Waals surface area contributed by atoms with Crippen molar-refractivity contribution >= 4 is 0 Å². The molecule has 0 aromatic heterocycles. The average molecular weight is 313 g/mol. The number of rotatable bonds is 3. The van der Waals surface area contributed by atoms with Gasteiger partial charge in [0.25, 0.3) is 0 Å². The van der Waals surface area contributed by atoms with E-state index in [1.54, 1.807) is 0 Å². The Morgan fingerprint density at radius 2 is 1.83 bits per heavy atom. The second kappa shape index (κ2) is 6.60. The van der Waals surface area contributed by atoms with Crippen molar-refractivity contribution in [1.29, 1.82) is 5.26 Å². The summed E-state index contributed by atoms with van der Waals surface area (Å²) in [5, 5.41) is 9.87. The first-order valence-electron chi connectivity index (χ1n) is 8.60. The van der Waals surface area contributed by atoms with Crippen LogP contribution in [0.5, 0.6) is 0 Å². The maximum atomic E-state index is 9.87. The van der Waals surface area contributed by atoms with Crippen LogP contribution in [-0.2, 0) is 11.3 Å². The summed E-state index contributed by atoms with van der Waals surface area (Å²) in [6.07, 6.45) is 1.63. The predicted molar refractivity (Wildman–Crippen MR) is 90.9 cm³/mol. The van der Waals surface area contributed by atoms with Crippen LogP contribution in [0.2, 0.25) is 0 Å². The Kier molecular flexibility index (Phi) is 4.72. The van der Waals surface area contributed by atoms with Crippen LogP contribution in [0.3, 0.4) is 0 Å². The maximum absolute atomic E-state index is 9.87. The molecule has 23 heavy (non-hydrogen) atoms. The van der Waals surface area contributed by atoms with Gasteiger partial charge >= 0.3 is 0 Å². The van der Waals surface area contributed by atoms with E-state index >= 15 is 0 Å². The van der Waals surface area contributed by atoms with Crippen molar-refractivity contribution in [3.8, 4) is 6.07 Å². The van der Waals surface area contributed by atoms with Gasteiger partial charge in [0.05, 0.1) is 18.3 Å². The van der Waals surface area contributed by atoms with Gasteiger partial charge in [0, 0.05) is 45.6 Å². The van der Waals surface area contributed by atoms with Crippen LogP contribution in [0.1, 0.15) is 32.3 Å². The van der Waals surface area contributed by atoms with Gasteiger partial charge in [0.2, 0.25) is 0 Å². The minimum atomic E-state index is -0.347. The summed E-state index contributed by atoms with van der Waals surface area (Å²) in [6.45, 7) is 9.88. The van der Waals surface area contributed by atoms with Gasteiger partial charge in [-0.25, -0.2) is 0 Å². The molecule has 0 spiro atoms. The number of hydrogen-bond donors (Lipinski definition) is 0. The fraction of sp³-hybridized carbons (Fsp3) is 0.632. The lowest BCUT2D eigenvalue weighted by atomic mass is 9.80. The Morgan fingerprint density at radius 1 is 1.13 bits per heavy atom. The van der Waals surface area contributed by atoms with E-state index in [0.29, 0.717) is 6.61 Å². The third-order valence-corrected chi connectivity index (χ3v) is 5.16. The smallest absolute Gasteiger partial charge is 0.114 e. The summed E-state index contributed by atoms with van der Waals surface area (Å²) in [5.74, 6) is 0. The normalized spacial score (nSPS) is 29.1. The van der Waals surface area contributed by atoms with Gasteiger partial charge in [-0.3, -0.25) is 9.80 Å². The van der Waals surface area contributed by atoms with Crippen LogP contribution in [0, 0.1) is 11.3 Å². The first-order valence-corrected chi connectivity index (χ1v) is 8.60. The zero-order valence-corrected chi connectivity index (χ0v) is 14.3. The maximum Gasteiger partial charge on any atom is 0.114 e. The van der Waals surface area contributed by atoms with E-state index in [-0.39, 0.29) is 11.1 Å².